The average molecular weight is 308 g/mol. The summed E-state index contributed by atoms with van der Waals surface area (Å²) in [6.07, 6.45) is 5.83. The molecule has 0 aromatic heterocycles. The first kappa shape index (κ1) is 19.8. The Bertz CT molecular complexity index is 320. The monoisotopic (exact) mass is 307 g/mol. The highest BCUT2D eigenvalue weighted by molar-refractivity contribution is 7.87. The van der Waals surface area contributed by atoms with Crippen LogP contribution in [0.5, 0.6) is 0 Å². The molecule has 2 N–H and O–H groups in total. The molecule has 0 aliphatic heterocycles. The van der Waals surface area contributed by atoms with Gasteiger partial charge in [-0.3, -0.25) is 0 Å². The minimum atomic E-state index is -3.34. The molecular weight excluding hydrogens is 274 g/mol. The standard InChI is InChI=1S/C14H33N3O2S/c1-5-8-11-14(10-6-2)16-20(18,19)17(4)13-9-12-15-7-3/h14-16H,5-13H2,1-4H3. The van der Waals surface area contributed by atoms with Gasteiger partial charge in [0.15, 0.2) is 0 Å². The maximum Gasteiger partial charge on any atom is 0.279 e. The second-order valence-corrected chi connectivity index (χ2v) is 7.09. The molecule has 0 aliphatic carbocycles. The summed E-state index contributed by atoms with van der Waals surface area (Å²) in [5, 5.41) is 3.20. The number of rotatable bonds is 13. The lowest BCUT2D eigenvalue weighted by Crippen LogP contribution is -2.44. The van der Waals surface area contributed by atoms with Crippen LogP contribution in [0.15, 0.2) is 0 Å². The highest BCUT2D eigenvalue weighted by Gasteiger charge is 2.21. The fourth-order valence-electron chi connectivity index (χ4n) is 2.09. The van der Waals surface area contributed by atoms with Crippen LogP contribution in [0.2, 0.25) is 0 Å². The molecule has 0 amide bonds. The SMILES string of the molecule is CCCCC(CCC)NS(=O)(=O)N(C)CCCNCC. The summed E-state index contributed by atoms with van der Waals surface area (Å²) in [5.41, 5.74) is 0. The second-order valence-electron chi connectivity index (χ2n) is 5.28. The molecule has 0 aromatic rings. The summed E-state index contributed by atoms with van der Waals surface area (Å²) in [6.45, 7) is 8.59. The maximum atomic E-state index is 12.2. The Hall–Kier alpha value is -0.170. The van der Waals surface area contributed by atoms with E-state index in [-0.39, 0.29) is 6.04 Å². The zero-order valence-electron chi connectivity index (χ0n) is 13.6. The molecule has 1 unspecified atom stereocenters. The van der Waals surface area contributed by atoms with Gasteiger partial charge in [0.25, 0.3) is 10.2 Å². The van der Waals surface area contributed by atoms with Crippen molar-refractivity contribution >= 4 is 10.2 Å². The van der Waals surface area contributed by atoms with Crippen molar-refractivity contribution in [1.29, 1.82) is 0 Å². The molecule has 0 heterocycles. The van der Waals surface area contributed by atoms with Crippen LogP contribution in [-0.4, -0.2) is 45.4 Å². The molecular formula is C14H33N3O2S. The number of nitrogens with one attached hydrogen (secondary N) is 2. The third-order valence-electron chi connectivity index (χ3n) is 3.35. The van der Waals surface area contributed by atoms with E-state index in [0.717, 1.165) is 51.6 Å². The molecule has 0 fully saturated rings. The van der Waals surface area contributed by atoms with Crippen molar-refractivity contribution in [3.8, 4) is 0 Å². The predicted octanol–water partition coefficient (Wildman–Crippen LogP) is 2.11. The summed E-state index contributed by atoms with van der Waals surface area (Å²) < 4.78 is 28.8. The van der Waals surface area contributed by atoms with Crippen molar-refractivity contribution in [3.63, 3.8) is 0 Å². The molecule has 0 saturated heterocycles. The molecule has 6 heteroatoms. The van der Waals surface area contributed by atoms with E-state index in [1.54, 1.807) is 7.05 Å². The highest BCUT2D eigenvalue weighted by Crippen LogP contribution is 2.09. The molecule has 0 bridgehead atoms. The van der Waals surface area contributed by atoms with E-state index >= 15 is 0 Å². The lowest BCUT2D eigenvalue weighted by molar-refractivity contribution is 0.420. The zero-order chi connectivity index (χ0) is 15.4. The van der Waals surface area contributed by atoms with E-state index in [1.165, 1.54) is 4.31 Å². The van der Waals surface area contributed by atoms with Crippen molar-refractivity contribution in [1.82, 2.24) is 14.3 Å². The fraction of sp³-hybridized carbons (Fsp3) is 1.00. The van der Waals surface area contributed by atoms with Gasteiger partial charge >= 0.3 is 0 Å². The van der Waals surface area contributed by atoms with Crippen LogP contribution in [0.1, 0.15) is 59.3 Å². The third-order valence-corrected chi connectivity index (χ3v) is 4.98. The lowest BCUT2D eigenvalue weighted by Gasteiger charge is -2.23. The van der Waals surface area contributed by atoms with E-state index in [4.69, 9.17) is 0 Å². The van der Waals surface area contributed by atoms with Gasteiger partial charge in [-0.2, -0.15) is 17.4 Å². The van der Waals surface area contributed by atoms with Crippen molar-refractivity contribution < 1.29 is 8.42 Å². The molecule has 20 heavy (non-hydrogen) atoms. The summed E-state index contributed by atoms with van der Waals surface area (Å²) in [6, 6.07) is 0.0705. The Morgan fingerprint density at radius 2 is 1.75 bits per heavy atom. The predicted molar refractivity (Wildman–Crippen MR) is 86.1 cm³/mol. The first-order valence-electron chi connectivity index (χ1n) is 7.92. The van der Waals surface area contributed by atoms with E-state index in [1.807, 2.05) is 6.92 Å². The summed E-state index contributed by atoms with van der Waals surface area (Å²) >= 11 is 0. The van der Waals surface area contributed by atoms with Crippen LogP contribution in [0.3, 0.4) is 0 Å². The zero-order valence-corrected chi connectivity index (χ0v) is 14.4. The van der Waals surface area contributed by atoms with Crippen LogP contribution in [0.25, 0.3) is 0 Å². The maximum absolute atomic E-state index is 12.2. The van der Waals surface area contributed by atoms with Gasteiger partial charge in [0.05, 0.1) is 0 Å². The molecule has 122 valence electrons. The summed E-state index contributed by atoms with van der Waals surface area (Å²) in [5.74, 6) is 0. The van der Waals surface area contributed by atoms with Gasteiger partial charge in [-0.05, 0) is 32.4 Å². The van der Waals surface area contributed by atoms with Crippen LogP contribution < -0.4 is 10.0 Å². The van der Waals surface area contributed by atoms with Crippen LogP contribution in [0, 0.1) is 0 Å². The molecule has 0 saturated carbocycles. The normalized spacial score (nSPS) is 13.8. The topological polar surface area (TPSA) is 61.4 Å². The molecule has 0 spiro atoms. The third kappa shape index (κ3) is 8.89. The van der Waals surface area contributed by atoms with E-state index < -0.39 is 10.2 Å². The van der Waals surface area contributed by atoms with Gasteiger partial charge in [0, 0.05) is 19.6 Å². The van der Waals surface area contributed by atoms with Gasteiger partial charge in [0.2, 0.25) is 0 Å². The Kier molecular flexibility index (Phi) is 11.4. The smallest absolute Gasteiger partial charge is 0.279 e. The first-order valence-corrected chi connectivity index (χ1v) is 9.36. The van der Waals surface area contributed by atoms with Gasteiger partial charge in [-0.1, -0.05) is 40.0 Å². The minimum Gasteiger partial charge on any atom is -0.317 e. The van der Waals surface area contributed by atoms with Gasteiger partial charge in [-0.15, -0.1) is 0 Å². The average Bonchev–Trinajstić information content (AvgIpc) is 2.40. The second kappa shape index (κ2) is 11.5. The quantitative estimate of drug-likeness (QED) is 0.512. The summed E-state index contributed by atoms with van der Waals surface area (Å²) in [7, 11) is -1.69. The Labute approximate surface area is 125 Å². The van der Waals surface area contributed by atoms with Crippen LogP contribution >= 0.6 is 0 Å². The number of hydrogen-bond donors (Lipinski definition) is 2. The van der Waals surface area contributed by atoms with Crippen molar-refractivity contribution in [2.45, 2.75) is 65.3 Å². The molecule has 0 aromatic carbocycles. The Balaban J connectivity index is 4.29. The molecule has 1 atom stereocenters. The lowest BCUT2D eigenvalue weighted by atomic mass is 10.1. The van der Waals surface area contributed by atoms with Gasteiger partial charge in [-0.25, -0.2) is 0 Å². The Morgan fingerprint density at radius 3 is 2.30 bits per heavy atom. The molecule has 0 rings (SSSR count). The molecule has 5 nitrogen and oxygen atoms in total. The van der Waals surface area contributed by atoms with Crippen molar-refractivity contribution in [2.75, 3.05) is 26.7 Å². The van der Waals surface area contributed by atoms with Gasteiger partial charge < -0.3 is 5.32 Å². The van der Waals surface area contributed by atoms with Gasteiger partial charge in [0.1, 0.15) is 0 Å². The van der Waals surface area contributed by atoms with E-state index in [9.17, 15) is 8.42 Å². The number of unbranched alkanes of at least 4 members (excludes halogenated alkanes) is 1. The van der Waals surface area contributed by atoms with E-state index in [2.05, 4.69) is 23.9 Å². The van der Waals surface area contributed by atoms with Crippen LogP contribution in [-0.2, 0) is 10.2 Å². The van der Waals surface area contributed by atoms with Crippen molar-refractivity contribution in [2.24, 2.45) is 0 Å². The number of nitrogens with zero attached hydrogens (tertiary/aromatic N) is 1. The van der Waals surface area contributed by atoms with Crippen molar-refractivity contribution in [3.05, 3.63) is 0 Å². The molecule has 0 aliphatic rings. The molecule has 0 radical (unpaired) electrons. The fourth-order valence-corrected chi connectivity index (χ4v) is 3.29. The highest BCUT2D eigenvalue weighted by atomic mass is 32.2. The van der Waals surface area contributed by atoms with E-state index in [0.29, 0.717) is 6.54 Å². The largest absolute Gasteiger partial charge is 0.317 e. The van der Waals surface area contributed by atoms with Crippen LogP contribution in [0.4, 0.5) is 0 Å². The number of hydrogen-bond acceptors (Lipinski definition) is 3. The summed E-state index contributed by atoms with van der Waals surface area (Å²) in [4.78, 5) is 0. The first-order chi connectivity index (χ1) is 9.47. The Morgan fingerprint density at radius 1 is 1.05 bits per heavy atom. The minimum absolute atomic E-state index is 0.0705.